The predicted octanol–water partition coefficient (Wildman–Crippen LogP) is 3.72. The van der Waals surface area contributed by atoms with Crippen molar-refractivity contribution in [2.75, 3.05) is 0 Å². The third kappa shape index (κ3) is 1.78. The van der Waals surface area contributed by atoms with Crippen molar-refractivity contribution in [2.24, 2.45) is 17.0 Å². The van der Waals surface area contributed by atoms with E-state index in [4.69, 9.17) is 0 Å². The molecule has 2 aliphatic rings. The Morgan fingerprint density at radius 2 is 1.94 bits per heavy atom. The maximum absolute atomic E-state index is 9.22. The molecule has 1 saturated carbocycles. The zero-order valence-corrected chi connectivity index (χ0v) is 9.84. The Balaban J connectivity index is 2.01. The van der Waals surface area contributed by atoms with Gasteiger partial charge in [0.2, 0.25) is 0 Å². The summed E-state index contributed by atoms with van der Waals surface area (Å²) in [4.78, 5) is 0. The van der Waals surface area contributed by atoms with Gasteiger partial charge in [0.1, 0.15) is 0 Å². The Kier molecular flexibility index (Phi) is 2.71. The molecular weight excluding hydrogens is 210 g/mol. The highest BCUT2D eigenvalue weighted by molar-refractivity contribution is 6.00. The van der Waals surface area contributed by atoms with E-state index in [-0.39, 0.29) is 0 Å². The van der Waals surface area contributed by atoms with Crippen LogP contribution < -0.4 is 0 Å². The first-order valence-corrected chi connectivity index (χ1v) is 6.37. The molecule has 1 aromatic rings. The molecule has 2 atom stereocenters. The molecule has 0 radical (unpaired) electrons. The van der Waals surface area contributed by atoms with Gasteiger partial charge in [-0.05, 0) is 30.4 Å². The van der Waals surface area contributed by atoms with Crippen LogP contribution in [-0.4, -0.2) is 10.9 Å². The molecule has 0 aromatic heterocycles. The molecule has 2 aliphatic carbocycles. The second-order valence-electron chi connectivity index (χ2n) is 4.97. The van der Waals surface area contributed by atoms with Gasteiger partial charge < -0.3 is 5.21 Å². The fourth-order valence-corrected chi connectivity index (χ4v) is 3.21. The quantitative estimate of drug-likeness (QED) is 0.575. The van der Waals surface area contributed by atoms with Crippen LogP contribution in [0, 0.1) is 11.8 Å². The molecule has 2 nitrogen and oxygen atoms in total. The molecule has 0 spiro atoms. The third-order valence-electron chi connectivity index (χ3n) is 4.04. The van der Waals surface area contributed by atoms with Gasteiger partial charge in [-0.3, -0.25) is 0 Å². The molecule has 0 unspecified atom stereocenters. The highest BCUT2D eigenvalue weighted by Gasteiger charge is 2.35. The van der Waals surface area contributed by atoms with Crippen molar-refractivity contribution in [1.82, 2.24) is 0 Å². The normalized spacial score (nSPS) is 30.1. The maximum Gasteiger partial charge on any atom is 0.0679 e. The van der Waals surface area contributed by atoms with Crippen molar-refractivity contribution in [1.29, 1.82) is 0 Å². The maximum atomic E-state index is 9.22. The summed E-state index contributed by atoms with van der Waals surface area (Å²) in [6.45, 7) is 0. The fourth-order valence-electron chi connectivity index (χ4n) is 3.21. The van der Waals surface area contributed by atoms with Crippen LogP contribution in [0.4, 0.5) is 0 Å². The molecule has 0 amide bonds. The van der Waals surface area contributed by atoms with Crippen molar-refractivity contribution in [3.8, 4) is 0 Å². The number of hydrogen-bond donors (Lipinski definition) is 1. The van der Waals surface area contributed by atoms with E-state index in [1.54, 1.807) is 0 Å². The van der Waals surface area contributed by atoms with Crippen LogP contribution >= 0.6 is 0 Å². The van der Waals surface area contributed by atoms with Crippen LogP contribution in [0.1, 0.15) is 31.2 Å². The van der Waals surface area contributed by atoms with Gasteiger partial charge in [-0.15, -0.1) is 0 Å². The van der Waals surface area contributed by atoms with E-state index < -0.39 is 0 Å². The minimum Gasteiger partial charge on any atom is -0.411 e. The first-order valence-electron chi connectivity index (χ1n) is 6.37. The Morgan fingerprint density at radius 3 is 2.71 bits per heavy atom. The summed E-state index contributed by atoms with van der Waals surface area (Å²) in [6.07, 6.45) is 6.92. The molecule has 0 aliphatic heterocycles. The average molecular weight is 227 g/mol. The highest BCUT2D eigenvalue weighted by Crippen LogP contribution is 2.41. The number of rotatable bonds is 1. The largest absolute Gasteiger partial charge is 0.411 e. The molecule has 1 fully saturated rings. The monoisotopic (exact) mass is 227 g/mol. The number of oxime groups is 1. The Hall–Kier alpha value is -1.57. The van der Waals surface area contributed by atoms with Crippen LogP contribution in [0.5, 0.6) is 0 Å². The first-order chi connectivity index (χ1) is 8.40. The average Bonchev–Trinajstić information content (AvgIpc) is 2.39. The number of nitrogens with zero attached hydrogens (tertiary/aromatic N) is 1. The van der Waals surface area contributed by atoms with E-state index in [1.165, 1.54) is 24.0 Å². The van der Waals surface area contributed by atoms with Crippen LogP contribution in [0.15, 0.2) is 41.6 Å². The fraction of sp³-hybridized carbons (Fsp3) is 0.400. The van der Waals surface area contributed by atoms with Gasteiger partial charge in [-0.2, -0.15) is 0 Å². The summed E-state index contributed by atoms with van der Waals surface area (Å²) < 4.78 is 0. The Bertz CT molecular complexity index is 461. The van der Waals surface area contributed by atoms with Crippen molar-refractivity contribution >= 4 is 11.3 Å². The minimum atomic E-state index is 0.342. The van der Waals surface area contributed by atoms with Gasteiger partial charge >= 0.3 is 0 Å². The summed E-state index contributed by atoms with van der Waals surface area (Å²) >= 11 is 0. The topological polar surface area (TPSA) is 32.6 Å². The number of fused-ring (bicyclic) bond motifs is 2. The summed E-state index contributed by atoms with van der Waals surface area (Å²) in [5.41, 5.74) is 3.64. The molecule has 2 bridgehead atoms. The summed E-state index contributed by atoms with van der Waals surface area (Å²) in [5, 5.41) is 12.8. The molecule has 3 rings (SSSR count). The lowest BCUT2D eigenvalue weighted by Crippen LogP contribution is -2.32. The molecule has 0 saturated heterocycles. The smallest absolute Gasteiger partial charge is 0.0679 e. The van der Waals surface area contributed by atoms with E-state index in [2.05, 4.69) is 35.5 Å². The van der Waals surface area contributed by atoms with Crippen molar-refractivity contribution in [3.63, 3.8) is 0 Å². The van der Waals surface area contributed by atoms with Crippen molar-refractivity contribution in [2.45, 2.75) is 25.7 Å². The lowest BCUT2D eigenvalue weighted by atomic mass is 9.69. The van der Waals surface area contributed by atoms with E-state index in [9.17, 15) is 5.21 Å². The van der Waals surface area contributed by atoms with Gasteiger partial charge in [-0.1, -0.05) is 48.0 Å². The predicted molar refractivity (Wildman–Crippen MR) is 69.1 cm³/mol. The van der Waals surface area contributed by atoms with Crippen LogP contribution in [0.2, 0.25) is 0 Å². The second kappa shape index (κ2) is 4.36. The lowest BCUT2D eigenvalue weighted by Gasteiger charge is -2.35. The van der Waals surface area contributed by atoms with Crippen molar-refractivity contribution < 1.29 is 5.21 Å². The van der Waals surface area contributed by atoms with E-state index in [0.29, 0.717) is 11.8 Å². The Morgan fingerprint density at radius 1 is 1.12 bits per heavy atom. The first kappa shape index (κ1) is 10.6. The Labute approximate surface area is 102 Å². The van der Waals surface area contributed by atoms with Crippen molar-refractivity contribution in [3.05, 3.63) is 42.0 Å². The molecular formula is C15H17NO. The number of allylic oxidation sites excluding steroid dienone is 2. The lowest BCUT2D eigenvalue weighted by molar-refractivity contribution is 0.304. The summed E-state index contributed by atoms with van der Waals surface area (Å²) in [5.74, 6) is 0.820. The van der Waals surface area contributed by atoms with E-state index in [1.807, 2.05) is 6.07 Å². The summed E-state index contributed by atoms with van der Waals surface area (Å²) in [7, 11) is 0. The molecule has 2 heteroatoms. The highest BCUT2D eigenvalue weighted by atomic mass is 16.4. The van der Waals surface area contributed by atoms with Crippen LogP contribution in [-0.2, 0) is 0 Å². The standard InChI is InChI=1S/C15H17NO/c17-16-15-12-7-4-8-14(15)13(10-9-12)11-5-2-1-3-6-11/h1-3,5-6,10,12,14,17H,4,7-9H2/b16-15-/t12-,14-/m0/s1. The zero-order valence-electron chi connectivity index (χ0n) is 9.84. The van der Waals surface area contributed by atoms with Gasteiger partial charge in [0.15, 0.2) is 0 Å². The summed E-state index contributed by atoms with van der Waals surface area (Å²) in [6, 6.07) is 10.5. The molecule has 88 valence electrons. The van der Waals surface area contributed by atoms with Gasteiger partial charge in [0.25, 0.3) is 0 Å². The minimum absolute atomic E-state index is 0.342. The zero-order chi connectivity index (χ0) is 11.7. The van der Waals surface area contributed by atoms with Crippen LogP contribution in [0.25, 0.3) is 5.57 Å². The van der Waals surface area contributed by atoms with Gasteiger partial charge in [0.05, 0.1) is 5.71 Å². The molecule has 1 aromatic carbocycles. The van der Waals surface area contributed by atoms with Gasteiger partial charge in [0, 0.05) is 11.8 Å². The van der Waals surface area contributed by atoms with Gasteiger partial charge in [-0.25, -0.2) is 0 Å². The van der Waals surface area contributed by atoms with Crippen LogP contribution in [0.3, 0.4) is 0 Å². The van der Waals surface area contributed by atoms with E-state index in [0.717, 1.165) is 18.6 Å². The SMILES string of the molecule is O/N=C1/[C@@H]2CC=C(c3ccccc3)[C@@H]1CCC2. The second-order valence-corrected chi connectivity index (χ2v) is 4.97. The molecule has 17 heavy (non-hydrogen) atoms. The van der Waals surface area contributed by atoms with E-state index >= 15 is 0 Å². The molecule has 0 heterocycles. The number of hydrogen-bond acceptors (Lipinski definition) is 2. The third-order valence-corrected chi connectivity index (χ3v) is 4.04. The molecule has 1 N–H and O–H groups in total. The number of benzene rings is 1.